The molecular weight excluding hydrogens is 801 g/mol. The molecule has 0 aliphatic carbocycles. The van der Waals surface area contributed by atoms with Crippen LogP contribution in [0.3, 0.4) is 0 Å². The van der Waals surface area contributed by atoms with Crippen molar-refractivity contribution < 1.29 is 22.1 Å². The van der Waals surface area contributed by atoms with E-state index in [2.05, 4.69) is 41.2 Å². The molecule has 62 heavy (non-hydrogen) atoms. The van der Waals surface area contributed by atoms with Crippen LogP contribution >= 0.6 is 0 Å². The van der Waals surface area contributed by atoms with E-state index in [9.17, 15) is 0 Å². The number of rotatable bonds is 50. The van der Waals surface area contributed by atoms with Crippen molar-refractivity contribution in [3.63, 3.8) is 0 Å². The highest BCUT2D eigenvalue weighted by molar-refractivity contribution is 6.66. The smallest absolute Gasteiger partial charge is 0.398 e. The molecule has 376 valence electrons. The largest absolute Gasteiger partial charge is 0.501 e. The summed E-state index contributed by atoms with van der Waals surface area (Å²) in [5.74, 6) is 0.856. The normalized spacial score (nSPS) is 13.8. The number of nitrogens with two attached hydrogens (primary N) is 2. The fourth-order valence-electron chi connectivity index (χ4n) is 8.29. The minimum absolute atomic E-state index is 0.364. The summed E-state index contributed by atoms with van der Waals surface area (Å²) in [5.41, 5.74) is 11.7. The van der Waals surface area contributed by atoms with Crippen LogP contribution in [0.1, 0.15) is 266 Å². The SMILES string of the molecule is CCCCCCCCCCCCCCCCO[Si](CC(C)CN)(OCCCCCCCCCCCC)OCCCCCCCCCCCCCC.CO[Si](C)(CC(C)CN)OC. The highest BCUT2D eigenvalue weighted by Gasteiger charge is 2.42. The van der Waals surface area contributed by atoms with Gasteiger partial charge in [0, 0.05) is 40.1 Å². The molecular formula is C53H116N2O5Si2. The van der Waals surface area contributed by atoms with Gasteiger partial charge in [-0.3, -0.25) is 0 Å². The zero-order chi connectivity index (χ0) is 46.1. The number of hydrogen-bond donors (Lipinski definition) is 2. The minimum Gasteiger partial charge on any atom is -0.398 e. The van der Waals surface area contributed by atoms with Crippen molar-refractivity contribution in [2.75, 3.05) is 47.1 Å². The molecule has 0 aliphatic heterocycles. The van der Waals surface area contributed by atoms with E-state index < -0.39 is 17.4 Å². The van der Waals surface area contributed by atoms with Crippen LogP contribution in [0.4, 0.5) is 0 Å². The van der Waals surface area contributed by atoms with Gasteiger partial charge in [-0.15, -0.1) is 0 Å². The van der Waals surface area contributed by atoms with E-state index in [1.807, 2.05) is 0 Å². The van der Waals surface area contributed by atoms with E-state index in [0.29, 0.717) is 24.9 Å². The molecule has 0 heterocycles. The molecule has 9 heteroatoms. The van der Waals surface area contributed by atoms with Crippen molar-refractivity contribution in [3.05, 3.63) is 0 Å². The molecule has 0 saturated carbocycles. The lowest BCUT2D eigenvalue weighted by molar-refractivity contribution is 0.0521. The first-order chi connectivity index (χ1) is 30.2. The van der Waals surface area contributed by atoms with Gasteiger partial charge >= 0.3 is 17.4 Å². The van der Waals surface area contributed by atoms with Crippen LogP contribution < -0.4 is 11.5 Å². The Morgan fingerprint density at radius 3 is 0.758 bits per heavy atom. The Morgan fingerprint density at radius 1 is 0.339 bits per heavy atom. The fourth-order valence-corrected chi connectivity index (χ4v) is 13.2. The molecule has 4 N–H and O–H groups in total. The van der Waals surface area contributed by atoms with E-state index in [1.165, 1.54) is 212 Å². The zero-order valence-corrected chi connectivity index (χ0v) is 45.8. The second-order valence-corrected chi connectivity index (χ2v) is 25.7. The maximum atomic E-state index is 6.75. The Balaban J connectivity index is 0. The molecule has 0 radical (unpaired) electrons. The van der Waals surface area contributed by atoms with Gasteiger partial charge in [0.25, 0.3) is 0 Å². The summed E-state index contributed by atoms with van der Waals surface area (Å²) < 4.78 is 30.9. The molecule has 3 atom stereocenters. The fraction of sp³-hybridized carbons (Fsp3) is 1.00. The van der Waals surface area contributed by atoms with Gasteiger partial charge in [-0.25, -0.2) is 0 Å². The van der Waals surface area contributed by atoms with Crippen LogP contribution in [0.5, 0.6) is 0 Å². The molecule has 0 aliphatic rings. The van der Waals surface area contributed by atoms with Crippen molar-refractivity contribution in [2.24, 2.45) is 23.3 Å². The first-order valence-electron chi connectivity index (χ1n) is 27.6. The van der Waals surface area contributed by atoms with E-state index in [-0.39, 0.29) is 0 Å². The monoisotopic (exact) mass is 917 g/mol. The average Bonchev–Trinajstić information content (AvgIpc) is 3.28. The molecule has 0 aromatic carbocycles. The highest BCUT2D eigenvalue weighted by Crippen LogP contribution is 2.24. The predicted molar refractivity (Wildman–Crippen MR) is 279 cm³/mol. The third-order valence-electron chi connectivity index (χ3n) is 12.9. The maximum Gasteiger partial charge on any atom is 0.501 e. The molecule has 0 fully saturated rings. The van der Waals surface area contributed by atoms with Crippen molar-refractivity contribution >= 4 is 17.4 Å². The molecule has 0 saturated heterocycles. The molecule has 7 nitrogen and oxygen atoms in total. The van der Waals surface area contributed by atoms with Crippen LogP contribution in [-0.2, 0) is 22.1 Å². The van der Waals surface area contributed by atoms with E-state index in [0.717, 1.165) is 51.2 Å². The van der Waals surface area contributed by atoms with E-state index in [4.69, 9.17) is 33.6 Å². The molecule has 0 aromatic rings. The van der Waals surface area contributed by atoms with Gasteiger partial charge in [-0.1, -0.05) is 247 Å². The zero-order valence-electron chi connectivity index (χ0n) is 43.8. The van der Waals surface area contributed by atoms with Crippen molar-refractivity contribution in [2.45, 2.75) is 284 Å². The molecule has 0 bridgehead atoms. The third kappa shape index (κ3) is 45.3. The van der Waals surface area contributed by atoms with Gasteiger partial charge in [-0.2, -0.15) is 0 Å². The van der Waals surface area contributed by atoms with E-state index in [1.54, 1.807) is 14.2 Å². The summed E-state index contributed by atoms with van der Waals surface area (Å²) >= 11 is 0. The van der Waals surface area contributed by atoms with Crippen LogP contribution in [-0.4, -0.2) is 64.5 Å². The van der Waals surface area contributed by atoms with Crippen LogP contribution in [0.25, 0.3) is 0 Å². The second kappa shape index (κ2) is 50.6. The molecule has 0 rings (SSSR count). The first-order valence-corrected chi connectivity index (χ1v) is 32.1. The lowest BCUT2D eigenvalue weighted by Gasteiger charge is -2.32. The summed E-state index contributed by atoms with van der Waals surface area (Å²) in [6.07, 6.45) is 49.0. The lowest BCUT2D eigenvalue weighted by atomic mass is 10.0. The maximum absolute atomic E-state index is 6.75. The Hall–Kier alpha value is 0.154. The van der Waals surface area contributed by atoms with Crippen molar-refractivity contribution in [3.8, 4) is 0 Å². The predicted octanol–water partition coefficient (Wildman–Crippen LogP) is 16.6. The summed E-state index contributed by atoms with van der Waals surface area (Å²) in [5, 5.41) is 0. The van der Waals surface area contributed by atoms with Gasteiger partial charge in [-0.05, 0) is 56.8 Å². The molecule has 0 aromatic heterocycles. The van der Waals surface area contributed by atoms with Gasteiger partial charge in [0.15, 0.2) is 0 Å². The number of unbranched alkanes of at least 4 members (excludes halogenated alkanes) is 33. The van der Waals surface area contributed by atoms with Crippen LogP contribution in [0, 0.1) is 11.8 Å². The van der Waals surface area contributed by atoms with Gasteiger partial charge < -0.3 is 33.6 Å². The topological polar surface area (TPSA) is 98.2 Å². The Bertz CT molecular complexity index is 842. The van der Waals surface area contributed by atoms with Crippen molar-refractivity contribution in [1.82, 2.24) is 0 Å². The standard InChI is InChI=1S/C46H97NO3Si.C7H19NO2Si/c1-5-8-11-14-17-20-23-25-26-28-31-34-37-40-43-50-51(45-46(4)44-47,48-41-38-35-32-29-22-19-16-13-10-7-3)49-42-39-36-33-30-27-24-21-18-15-12-9-6-2;1-7(5-8)6-11(4,9-2)10-3/h46H,5-45,47H2,1-4H3;7H,5-6,8H2,1-4H3. The Labute approximate surface area is 392 Å². The summed E-state index contributed by atoms with van der Waals surface area (Å²) in [6, 6.07) is 1.83. The lowest BCUT2D eigenvalue weighted by Crippen LogP contribution is -2.48. The highest BCUT2D eigenvalue weighted by atomic mass is 28.4. The summed E-state index contributed by atoms with van der Waals surface area (Å²) in [7, 11) is -1.21. The average molecular weight is 918 g/mol. The van der Waals surface area contributed by atoms with Crippen LogP contribution in [0.2, 0.25) is 18.6 Å². The van der Waals surface area contributed by atoms with Crippen LogP contribution in [0.15, 0.2) is 0 Å². The molecule has 0 spiro atoms. The van der Waals surface area contributed by atoms with E-state index >= 15 is 0 Å². The Kier molecular flexibility index (Phi) is 52.4. The third-order valence-corrected chi connectivity index (χ3v) is 19.2. The quantitative estimate of drug-likeness (QED) is 0.0463. The Morgan fingerprint density at radius 2 is 0.548 bits per heavy atom. The first kappa shape index (κ1) is 64.2. The number of hydrogen-bond acceptors (Lipinski definition) is 7. The summed E-state index contributed by atoms with van der Waals surface area (Å²) in [6.45, 7) is 17.0. The molecule has 3 unspecified atom stereocenters. The van der Waals surface area contributed by atoms with Gasteiger partial charge in [0.2, 0.25) is 0 Å². The molecule has 0 amide bonds. The summed E-state index contributed by atoms with van der Waals surface area (Å²) in [4.78, 5) is 0. The van der Waals surface area contributed by atoms with Gasteiger partial charge in [0.05, 0.1) is 0 Å². The van der Waals surface area contributed by atoms with Crippen molar-refractivity contribution in [1.29, 1.82) is 0 Å². The minimum atomic E-state index is -2.76. The second-order valence-electron chi connectivity index (χ2n) is 19.5. The van der Waals surface area contributed by atoms with Gasteiger partial charge in [0.1, 0.15) is 0 Å².